The number of guanidine groups is 1. The van der Waals surface area contributed by atoms with Crippen LogP contribution in [0.15, 0.2) is 4.99 Å². The number of aliphatic imine (C=N–C) groups is 1. The first-order valence-electron chi connectivity index (χ1n) is 9.76. The first-order valence-corrected chi connectivity index (χ1v) is 9.76. The van der Waals surface area contributed by atoms with Crippen molar-refractivity contribution in [1.82, 2.24) is 15.1 Å². The number of amides is 1. The molecule has 1 amide bonds. The molecule has 2 aliphatic rings. The summed E-state index contributed by atoms with van der Waals surface area (Å²) >= 11 is 0. The van der Waals surface area contributed by atoms with Gasteiger partial charge in [0.05, 0.1) is 25.0 Å². The van der Waals surface area contributed by atoms with Crippen LogP contribution in [0.5, 0.6) is 0 Å². The second-order valence-electron chi connectivity index (χ2n) is 7.64. The van der Waals surface area contributed by atoms with E-state index in [0.29, 0.717) is 6.54 Å². The Balaban J connectivity index is 2.06. The fourth-order valence-corrected chi connectivity index (χ4v) is 4.11. The Morgan fingerprint density at radius 2 is 1.85 bits per heavy atom. The summed E-state index contributed by atoms with van der Waals surface area (Å²) in [5, 5.41) is 3.35. The Morgan fingerprint density at radius 3 is 2.35 bits per heavy atom. The van der Waals surface area contributed by atoms with Crippen LogP contribution in [0.1, 0.15) is 45.4 Å². The number of rotatable bonds is 5. The van der Waals surface area contributed by atoms with Gasteiger partial charge in [-0.3, -0.25) is 14.6 Å². The second-order valence-corrected chi connectivity index (χ2v) is 7.64. The van der Waals surface area contributed by atoms with E-state index in [1.165, 1.54) is 7.11 Å². The molecule has 1 heterocycles. The normalized spacial score (nSPS) is 20.8. The molecule has 1 aliphatic heterocycles. The van der Waals surface area contributed by atoms with Gasteiger partial charge in [0.15, 0.2) is 5.96 Å². The molecule has 0 aromatic rings. The quantitative estimate of drug-likeness (QED) is 0.453. The molecule has 1 N–H and O–H groups in total. The molecule has 0 unspecified atom stereocenters. The average molecular weight is 367 g/mol. The topological polar surface area (TPSA) is 74.2 Å². The van der Waals surface area contributed by atoms with E-state index in [4.69, 9.17) is 9.73 Å². The minimum atomic E-state index is -0.353. The predicted molar refractivity (Wildman–Crippen MR) is 102 cm³/mol. The zero-order valence-electron chi connectivity index (χ0n) is 16.7. The summed E-state index contributed by atoms with van der Waals surface area (Å²) in [6.07, 6.45) is 5.57. The summed E-state index contributed by atoms with van der Waals surface area (Å²) in [6, 6.07) is 0. The van der Waals surface area contributed by atoms with Crippen LogP contribution in [0.4, 0.5) is 0 Å². The summed E-state index contributed by atoms with van der Waals surface area (Å²) in [5.41, 5.74) is -0.353. The number of hydrogen-bond acceptors (Lipinski definition) is 4. The highest BCUT2D eigenvalue weighted by atomic mass is 16.5. The van der Waals surface area contributed by atoms with E-state index in [1.54, 1.807) is 4.90 Å². The molecule has 26 heavy (non-hydrogen) atoms. The number of likely N-dealkylation sites (tertiary alicyclic amines) is 1. The third-order valence-electron chi connectivity index (χ3n) is 5.62. The lowest BCUT2D eigenvalue weighted by Crippen LogP contribution is -2.48. The minimum absolute atomic E-state index is 0.0179. The number of hydrogen-bond donors (Lipinski definition) is 1. The molecule has 1 aliphatic carbocycles. The highest BCUT2D eigenvalue weighted by molar-refractivity contribution is 5.84. The maximum absolute atomic E-state index is 12.7. The van der Waals surface area contributed by atoms with E-state index < -0.39 is 0 Å². The Kier molecular flexibility index (Phi) is 7.29. The van der Waals surface area contributed by atoms with Crippen molar-refractivity contribution in [2.75, 3.05) is 47.4 Å². The van der Waals surface area contributed by atoms with Crippen molar-refractivity contribution in [2.24, 2.45) is 16.3 Å². The Labute approximate surface area is 157 Å². The van der Waals surface area contributed by atoms with Gasteiger partial charge < -0.3 is 19.9 Å². The fourth-order valence-electron chi connectivity index (χ4n) is 4.11. The Bertz CT molecular complexity index is 519. The molecule has 1 saturated carbocycles. The summed E-state index contributed by atoms with van der Waals surface area (Å²) < 4.78 is 4.86. The van der Waals surface area contributed by atoms with Gasteiger partial charge in [-0.15, -0.1) is 0 Å². The van der Waals surface area contributed by atoms with Gasteiger partial charge in [0, 0.05) is 33.7 Å². The standard InChI is InChI=1S/C19H34N4O3/c1-5-20-18(23-12-8-15(9-13-23)16(24)26-4)21-14-19(10-6-7-11-19)17(25)22(2)3/h15H,5-14H2,1-4H3,(H,20,21). The summed E-state index contributed by atoms with van der Waals surface area (Å²) in [6.45, 7) is 4.92. The molecular weight excluding hydrogens is 332 g/mol. The molecule has 0 aromatic heterocycles. The van der Waals surface area contributed by atoms with Crippen molar-refractivity contribution in [3.8, 4) is 0 Å². The Hall–Kier alpha value is -1.79. The fraction of sp³-hybridized carbons (Fsp3) is 0.842. The zero-order chi connectivity index (χ0) is 19.2. The number of esters is 1. The molecule has 2 rings (SSSR count). The monoisotopic (exact) mass is 366 g/mol. The van der Waals surface area contributed by atoms with Crippen LogP contribution in [-0.2, 0) is 14.3 Å². The largest absolute Gasteiger partial charge is 0.469 e. The van der Waals surface area contributed by atoms with Crippen molar-refractivity contribution in [2.45, 2.75) is 45.4 Å². The van der Waals surface area contributed by atoms with Gasteiger partial charge in [-0.1, -0.05) is 12.8 Å². The SMILES string of the molecule is CCNC(=NCC1(C(=O)N(C)C)CCCC1)N1CCC(C(=O)OC)CC1. The smallest absolute Gasteiger partial charge is 0.308 e. The van der Waals surface area contributed by atoms with E-state index in [1.807, 2.05) is 21.0 Å². The molecular formula is C19H34N4O3. The van der Waals surface area contributed by atoms with Crippen molar-refractivity contribution in [1.29, 1.82) is 0 Å². The number of carbonyl (C=O) groups excluding carboxylic acids is 2. The van der Waals surface area contributed by atoms with Gasteiger partial charge in [-0.25, -0.2) is 0 Å². The van der Waals surface area contributed by atoms with Crippen LogP contribution in [0.2, 0.25) is 0 Å². The summed E-state index contributed by atoms with van der Waals surface area (Å²) in [4.78, 5) is 33.2. The molecule has 148 valence electrons. The van der Waals surface area contributed by atoms with Crippen molar-refractivity contribution < 1.29 is 14.3 Å². The second kappa shape index (κ2) is 9.24. The van der Waals surface area contributed by atoms with E-state index in [2.05, 4.69) is 10.2 Å². The van der Waals surface area contributed by atoms with E-state index in [0.717, 1.165) is 64.1 Å². The zero-order valence-corrected chi connectivity index (χ0v) is 16.7. The lowest BCUT2D eigenvalue weighted by molar-refractivity contribution is -0.146. The van der Waals surface area contributed by atoms with Gasteiger partial charge in [0.25, 0.3) is 0 Å². The molecule has 0 atom stereocenters. The van der Waals surface area contributed by atoms with Gasteiger partial charge in [-0.2, -0.15) is 0 Å². The van der Waals surface area contributed by atoms with Gasteiger partial charge in [0.2, 0.25) is 5.91 Å². The number of nitrogens with zero attached hydrogens (tertiary/aromatic N) is 3. The number of nitrogens with one attached hydrogen (secondary N) is 1. The van der Waals surface area contributed by atoms with Crippen LogP contribution < -0.4 is 5.32 Å². The van der Waals surface area contributed by atoms with Gasteiger partial charge in [-0.05, 0) is 32.6 Å². The van der Waals surface area contributed by atoms with Gasteiger partial charge in [0.1, 0.15) is 0 Å². The number of carbonyl (C=O) groups is 2. The molecule has 0 spiro atoms. The van der Waals surface area contributed by atoms with Crippen LogP contribution in [0.25, 0.3) is 0 Å². The Morgan fingerprint density at radius 1 is 1.23 bits per heavy atom. The van der Waals surface area contributed by atoms with Crippen LogP contribution in [-0.4, -0.2) is 75.0 Å². The third-order valence-corrected chi connectivity index (χ3v) is 5.62. The summed E-state index contributed by atoms with van der Waals surface area (Å²) in [7, 11) is 5.10. The third kappa shape index (κ3) is 4.68. The number of piperidine rings is 1. The molecule has 1 saturated heterocycles. The van der Waals surface area contributed by atoms with E-state index in [9.17, 15) is 9.59 Å². The lowest BCUT2D eigenvalue weighted by Gasteiger charge is -2.34. The summed E-state index contributed by atoms with van der Waals surface area (Å²) in [5.74, 6) is 0.913. The van der Waals surface area contributed by atoms with Crippen molar-refractivity contribution in [3.63, 3.8) is 0 Å². The molecule has 7 nitrogen and oxygen atoms in total. The maximum atomic E-state index is 12.7. The molecule has 0 radical (unpaired) electrons. The van der Waals surface area contributed by atoms with Crippen LogP contribution >= 0.6 is 0 Å². The molecule has 7 heteroatoms. The highest BCUT2D eigenvalue weighted by Crippen LogP contribution is 2.39. The van der Waals surface area contributed by atoms with Crippen molar-refractivity contribution >= 4 is 17.8 Å². The first kappa shape index (κ1) is 20.5. The predicted octanol–water partition coefficient (Wildman–Crippen LogP) is 1.49. The van der Waals surface area contributed by atoms with Crippen LogP contribution in [0.3, 0.4) is 0 Å². The average Bonchev–Trinajstić information content (AvgIpc) is 3.14. The van der Waals surface area contributed by atoms with E-state index >= 15 is 0 Å². The van der Waals surface area contributed by atoms with Gasteiger partial charge >= 0.3 is 5.97 Å². The highest BCUT2D eigenvalue weighted by Gasteiger charge is 2.42. The molecule has 0 bridgehead atoms. The van der Waals surface area contributed by atoms with Crippen molar-refractivity contribution in [3.05, 3.63) is 0 Å². The molecule has 2 fully saturated rings. The van der Waals surface area contributed by atoms with Crippen LogP contribution in [0, 0.1) is 11.3 Å². The number of methoxy groups -OCH3 is 1. The van der Waals surface area contributed by atoms with E-state index in [-0.39, 0.29) is 23.2 Å². The minimum Gasteiger partial charge on any atom is -0.469 e. The molecule has 0 aromatic carbocycles. The maximum Gasteiger partial charge on any atom is 0.308 e. The first-order chi connectivity index (χ1) is 12.4. The number of ether oxygens (including phenoxy) is 1. The lowest BCUT2D eigenvalue weighted by atomic mass is 9.85.